The van der Waals surface area contributed by atoms with Gasteiger partial charge in [0.15, 0.2) is 74.7 Å². The lowest BCUT2D eigenvalue weighted by molar-refractivity contribution is -0.142. The van der Waals surface area contributed by atoms with Gasteiger partial charge >= 0.3 is 5.97 Å². The van der Waals surface area contributed by atoms with Crippen LogP contribution < -0.4 is 21.9 Å². The lowest BCUT2D eigenvalue weighted by Gasteiger charge is -2.44. The first kappa shape index (κ1) is 49.1. The second-order valence-electron chi connectivity index (χ2n) is 13.3. The molecule has 0 aliphatic carbocycles. The highest BCUT2D eigenvalue weighted by molar-refractivity contribution is 7.97. The molecule has 0 fully saturated rings. The summed E-state index contributed by atoms with van der Waals surface area (Å²) >= 11 is 0. The number of hydrogen-bond donors (Lipinski definition) is 0. The summed E-state index contributed by atoms with van der Waals surface area (Å²) in [5, 5.41) is 2.35. The van der Waals surface area contributed by atoms with Crippen LogP contribution in [0.5, 0.6) is 0 Å². The second kappa shape index (κ2) is 18.3. The number of fused-ring (bicyclic) bond motifs is 1. The van der Waals surface area contributed by atoms with Crippen LogP contribution in [0, 0.1) is 116 Å². The molecule has 0 aromatic heterocycles. The van der Waals surface area contributed by atoms with Crippen molar-refractivity contribution in [2.75, 3.05) is 12.9 Å². The largest absolute Gasteiger partial charge is 0.462 e. The fraction of sp³-hybridized carbons (Fsp3) is 0.125. The highest BCUT2D eigenvalue weighted by Crippen LogP contribution is 2.31. The lowest BCUT2D eigenvalue weighted by atomic mass is 9.12. The van der Waals surface area contributed by atoms with E-state index < -0.39 is 144 Å². The van der Waals surface area contributed by atoms with Gasteiger partial charge in [0.1, 0.15) is 58.9 Å². The molecule has 6 aromatic carbocycles. The van der Waals surface area contributed by atoms with Crippen LogP contribution in [0.2, 0.25) is 0 Å². The lowest BCUT2D eigenvalue weighted by Crippen LogP contribution is -2.81. The van der Waals surface area contributed by atoms with E-state index in [9.17, 15) is 57.5 Å². The molecular formula is C40H19BF20O2S. The Morgan fingerprint density at radius 3 is 1.00 bits per heavy atom. The van der Waals surface area contributed by atoms with Gasteiger partial charge in [-0.1, -0.05) is 24.3 Å². The minimum atomic E-state index is -7.22. The molecule has 340 valence electrons. The molecule has 0 aliphatic rings. The van der Waals surface area contributed by atoms with Gasteiger partial charge in [-0.25, -0.2) is 92.6 Å². The molecule has 0 N–H and O–H groups in total. The van der Waals surface area contributed by atoms with Gasteiger partial charge in [0.25, 0.3) is 0 Å². The summed E-state index contributed by atoms with van der Waals surface area (Å²) in [7, 11) is -0.140. The van der Waals surface area contributed by atoms with Crippen LogP contribution in [0.15, 0.2) is 47.4 Å². The monoisotopic (exact) mass is 954 g/mol. The van der Waals surface area contributed by atoms with Gasteiger partial charge in [-0.3, -0.25) is 0 Å². The van der Waals surface area contributed by atoms with Crippen LogP contribution in [0.25, 0.3) is 10.8 Å². The Bertz CT molecular complexity index is 2490. The molecule has 0 saturated carbocycles. The average molecular weight is 954 g/mol. The van der Waals surface area contributed by atoms with E-state index in [2.05, 4.69) is 36.6 Å². The Morgan fingerprint density at radius 2 is 0.719 bits per heavy atom. The number of carbonyl (C=O) groups excluding carboxylic acids is 1. The maximum absolute atomic E-state index is 15.4. The topological polar surface area (TPSA) is 26.3 Å². The Balaban J connectivity index is 0.000000337. The van der Waals surface area contributed by atoms with Crippen molar-refractivity contribution in [2.24, 2.45) is 0 Å². The molecule has 24 heteroatoms. The molecule has 2 atom stereocenters. The average Bonchev–Trinajstić information content (AvgIpc) is 3.28. The first-order chi connectivity index (χ1) is 29.8. The molecule has 6 rings (SSSR count). The number of halogens is 20. The fourth-order valence-corrected chi connectivity index (χ4v) is 8.21. The van der Waals surface area contributed by atoms with Crippen molar-refractivity contribution in [1.29, 1.82) is 0 Å². The molecule has 0 amide bonds. The van der Waals surface area contributed by atoms with Gasteiger partial charge in [0, 0.05) is 17.0 Å². The number of hydrogen-bond acceptors (Lipinski definition) is 2. The van der Waals surface area contributed by atoms with Crippen LogP contribution in [0.3, 0.4) is 0 Å². The summed E-state index contributed by atoms with van der Waals surface area (Å²) in [6, 6.07) is 14.7. The second-order valence-corrected chi connectivity index (χ2v) is 15.6. The molecule has 0 heterocycles. The standard InChI is InChI=1S/C24BF20.C16H19O2S/c26-5-1(6(27)14(35)21(42)13(5)34)25(2-7(28)15(36)22(43)16(37)8(2)29,3-9(30)17(38)23(44)18(39)10(3)31)4-11(32)19(40)24(45)20(41)12(4)33;1-4-18-16(17)12(2)19(3)15-10-9-13-7-5-6-8-14(13)11-15/h;5-12H,4H2,1-3H3/q-1;+1. The van der Waals surface area contributed by atoms with Crippen molar-refractivity contribution in [3.05, 3.63) is 159 Å². The van der Waals surface area contributed by atoms with Crippen molar-refractivity contribution < 1.29 is 97.3 Å². The molecule has 64 heavy (non-hydrogen) atoms. The fourth-order valence-electron chi connectivity index (χ4n) is 6.85. The van der Waals surface area contributed by atoms with Crippen LogP contribution in [0.4, 0.5) is 87.8 Å². The van der Waals surface area contributed by atoms with E-state index in [4.69, 9.17) is 4.74 Å². The molecule has 0 bridgehead atoms. The van der Waals surface area contributed by atoms with Crippen LogP contribution in [-0.2, 0) is 20.4 Å². The normalized spacial score (nSPS) is 12.6. The van der Waals surface area contributed by atoms with E-state index in [1.807, 2.05) is 26.0 Å². The minimum Gasteiger partial charge on any atom is -0.462 e. The summed E-state index contributed by atoms with van der Waals surface area (Å²) in [6.45, 7) is 4.23. The maximum atomic E-state index is 15.4. The molecule has 2 unspecified atom stereocenters. The summed E-state index contributed by atoms with van der Waals surface area (Å²) in [6.07, 6.45) is -5.11. The number of ether oxygens (including phenoxy) is 1. The van der Waals surface area contributed by atoms with Gasteiger partial charge in [0.05, 0.1) is 6.61 Å². The number of rotatable bonds is 8. The van der Waals surface area contributed by atoms with Gasteiger partial charge in [-0.15, -0.1) is 21.9 Å². The Kier molecular flexibility index (Phi) is 14.0. The first-order valence-corrected chi connectivity index (χ1v) is 19.1. The van der Waals surface area contributed by atoms with E-state index in [0.29, 0.717) is 6.61 Å². The molecule has 2 nitrogen and oxygen atoms in total. The summed E-state index contributed by atoms with van der Waals surface area (Å²) in [5.74, 6) is -71.5. The molecule has 0 saturated heterocycles. The minimum absolute atomic E-state index is 0.0962. The summed E-state index contributed by atoms with van der Waals surface area (Å²) in [4.78, 5) is 13.0. The predicted molar refractivity (Wildman–Crippen MR) is 191 cm³/mol. The molecule has 0 radical (unpaired) electrons. The number of benzene rings is 6. The SMILES string of the molecule is CCOC(=O)C(C)[S+](C)c1ccc2ccccc2c1.Fc1c(F)c(F)c([B-](c2c(F)c(F)c(F)c(F)c2F)(c2c(F)c(F)c(F)c(F)c2F)c2c(F)c(F)c(F)c(F)c2F)c(F)c1F. The van der Waals surface area contributed by atoms with Crippen molar-refractivity contribution in [1.82, 2.24) is 0 Å². The number of carbonyl (C=O) groups is 1. The third-order valence-corrected chi connectivity index (χ3v) is 12.2. The van der Waals surface area contributed by atoms with E-state index in [-0.39, 0.29) is 22.1 Å². The van der Waals surface area contributed by atoms with E-state index in [1.54, 1.807) is 0 Å². The Hall–Kier alpha value is -5.94. The number of esters is 1. The van der Waals surface area contributed by atoms with Crippen molar-refractivity contribution in [3.63, 3.8) is 0 Å². The zero-order chi connectivity index (χ0) is 48.2. The van der Waals surface area contributed by atoms with Crippen LogP contribution in [0.1, 0.15) is 13.8 Å². The highest BCUT2D eigenvalue weighted by atomic mass is 32.2. The molecule has 0 spiro atoms. The van der Waals surface area contributed by atoms with Gasteiger partial charge in [-0.05, 0) is 36.8 Å². The van der Waals surface area contributed by atoms with E-state index in [0.717, 1.165) is 0 Å². The van der Waals surface area contributed by atoms with Gasteiger partial charge in [-0.2, -0.15) is 0 Å². The zero-order valence-electron chi connectivity index (χ0n) is 31.7. The smallest absolute Gasteiger partial charge is 0.359 e. The molecule has 6 aromatic rings. The quantitative estimate of drug-likeness (QED) is 0.0380. The molecule has 0 aliphatic heterocycles. The van der Waals surface area contributed by atoms with Crippen molar-refractivity contribution >= 4 is 55.6 Å². The van der Waals surface area contributed by atoms with Crippen molar-refractivity contribution in [2.45, 2.75) is 24.0 Å². The first-order valence-electron chi connectivity index (χ1n) is 17.4. The molecular weight excluding hydrogens is 935 g/mol. The van der Waals surface area contributed by atoms with Gasteiger partial charge < -0.3 is 4.74 Å². The highest BCUT2D eigenvalue weighted by Gasteiger charge is 2.52. The van der Waals surface area contributed by atoms with E-state index >= 15 is 35.1 Å². The van der Waals surface area contributed by atoms with E-state index in [1.165, 1.54) is 15.7 Å². The Labute approximate surface area is 348 Å². The maximum Gasteiger partial charge on any atom is 0.359 e. The van der Waals surface area contributed by atoms with Crippen LogP contribution in [-0.4, -0.2) is 30.2 Å². The third-order valence-electron chi connectivity index (χ3n) is 9.95. The van der Waals surface area contributed by atoms with Gasteiger partial charge in [0.2, 0.25) is 5.25 Å². The Morgan fingerprint density at radius 1 is 0.453 bits per heavy atom. The summed E-state index contributed by atoms with van der Waals surface area (Å²) < 4.78 is 299. The third kappa shape index (κ3) is 7.65. The van der Waals surface area contributed by atoms with Crippen molar-refractivity contribution in [3.8, 4) is 0 Å². The van der Waals surface area contributed by atoms with Crippen LogP contribution >= 0.6 is 0 Å². The predicted octanol–water partition coefficient (Wildman–Crippen LogP) is 9.24. The zero-order valence-corrected chi connectivity index (χ0v) is 32.5. The summed E-state index contributed by atoms with van der Waals surface area (Å²) in [5.41, 5.74) is -14.3.